The van der Waals surface area contributed by atoms with Crippen LogP contribution in [0.2, 0.25) is 10.0 Å². The number of nitrogens with one attached hydrogen (secondary N) is 2. The molecule has 0 saturated carbocycles. The molecule has 2 aliphatic rings. The molecule has 2 aromatic carbocycles. The number of hydrogen-bond donors (Lipinski definition) is 2. The third-order valence-electron chi connectivity index (χ3n) is 10.5. The number of amides is 1. The van der Waals surface area contributed by atoms with Gasteiger partial charge in [0, 0.05) is 84.9 Å². The summed E-state index contributed by atoms with van der Waals surface area (Å²) in [7, 11) is 0. The minimum atomic E-state index is -0.142. The molecule has 1 unspecified atom stereocenters. The number of fused-ring (bicyclic) bond motifs is 1. The van der Waals surface area contributed by atoms with Crippen molar-refractivity contribution < 1.29 is 19.1 Å². The number of H-pyrrole nitrogens is 1. The van der Waals surface area contributed by atoms with Gasteiger partial charge < -0.3 is 24.5 Å². The van der Waals surface area contributed by atoms with Crippen molar-refractivity contribution >= 4 is 64.1 Å². The van der Waals surface area contributed by atoms with Crippen molar-refractivity contribution in [3.63, 3.8) is 0 Å². The number of benzene rings is 2. The van der Waals surface area contributed by atoms with Gasteiger partial charge in [0.15, 0.2) is 0 Å². The van der Waals surface area contributed by atoms with E-state index in [0.717, 1.165) is 83.7 Å². The van der Waals surface area contributed by atoms with E-state index in [-0.39, 0.29) is 17.9 Å². The van der Waals surface area contributed by atoms with Crippen LogP contribution in [0.15, 0.2) is 67.1 Å². The highest BCUT2D eigenvalue weighted by Crippen LogP contribution is 2.44. The first kappa shape index (κ1) is 40.0. The second kappa shape index (κ2) is 17.9. The molecule has 2 atom stereocenters. The van der Waals surface area contributed by atoms with Crippen LogP contribution < -0.4 is 15.0 Å². The van der Waals surface area contributed by atoms with Crippen molar-refractivity contribution in [2.75, 3.05) is 56.7 Å². The zero-order valence-corrected chi connectivity index (χ0v) is 34.2. The predicted molar refractivity (Wildman–Crippen MR) is 224 cm³/mol. The maximum atomic E-state index is 12.6. The van der Waals surface area contributed by atoms with Crippen molar-refractivity contribution in [2.45, 2.75) is 52.0 Å². The summed E-state index contributed by atoms with van der Waals surface area (Å²) in [4.78, 5) is 34.5. The molecule has 2 aliphatic heterocycles. The van der Waals surface area contributed by atoms with Crippen LogP contribution in [0.25, 0.3) is 22.2 Å². The zero-order valence-electron chi connectivity index (χ0n) is 31.9. The van der Waals surface area contributed by atoms with E-state index in [0.29, 0.717) is 59.4 Å². The summed E-state index contributed by atoms with van der Waals surface area (Å²) >= 11 is 14.7. The van der Waals surface area contributed by atoms with E-state index in [1.807, 2.05) is 38.1 Å². The quantitative estimate of drug-likeness (QED) is 0.0512. The Kier molecular flexibility index (Phi) is 12.8. The SMILES string of the molecule is Cc1cc(OCCOCCSN2CC3(C2)CN(c2ccc(-c4n[nH]c5ccc(C[C@H](C)c6c(Cl)cncc6Cl)cc45)cn2)C3)ccc1C(=O)NC(C)CCC=O. The first-order chi connectivity index (χ1) is 27.1. The molecule has 5 aromatic rings. The lowest BCUT2D eigenvalue weighted by atomic mass is 9.74. The fourth-order valence-electron chi connectivity index (χ4n) is 7.61. The normalized spacial score (nSPS) is 16.0. The molecule has 0 radical (unpaired) electrons. The number of carbonyl (C=O) groups is 2. The van der Waals surface area contributed by atoms with E-state index in [2.05, 4.69) is 67.0 Å². The Morgan fingerprint density at radius 3 is 2.55 bits per heavy atom. The lowest BCUT2D eigenvalue weighted by Crippen LogP contribution is -2.70. The Balaban J connectivity index is 0.797. The Morgan fingerprint density at radius 1 is 1.02 bits per heavy atom. The van der Waals surface area contributed by atoms with E-state index in [9.17, 15) is 9.59 Å². The minimum Gasteiger partial charge on any atom is -0.491 e. The zero-order chi connectivity index (χ0) is 39.2. The van der Waals surface area contributed by atoms with Gasteiger partial charge in [0.2, 0.25) is 0 Å². The highest BCUT2D eigenvalue weighted by atomic mass is 35.5. The molecular formula is C42H47Cl2N7O4S. The number of rotatable bonds is 18. The molecule has 294 valence electrons. The van der Waals surface area contributed by atoms with E-state index >= 15 is 0 Å². The van der Waals surface area contributed by atoms with Crippen molar-refractivity contribution in [2.24, 2.45) is 5.41 Å². The van der Waals surface area contributed by atoms with Crippen LogP contribution in [-0.4, -0.2) is 94.5 Å². The van der Waals surface area contributed by atoms with Gasteiger partial charge in [-0.05, 0) is 91.8 Å². The largest absolute Gasteiger partial charge is 0.491 e. The fourth-order valence-corrected chi connectivity index (χ4v) is 9.52. The molecule has 2 saturated heterocycles. The Labute approximate surface area is 342 Å². The second-order valence-electron chi connectivity index (χ2n) is 15.0. The number of aromatic nitrogens is 4. The number of aldehydes is 1. The summed E-state index contributed by atoms with van der Waals surface area (Å²) in [5.41, 5.74) is 6.72. The Morgan fingerprint density at radius 2 is 1.82 bits per heavy atom. The molecular weight excluding hydrogens is 769 g/mol. The van der Waals surface area contributed by atoms with Crippen LogP contribution in [0.5, 0.6) is 5.75 Å². The van der Waals surface area contributed by atoms with E-state index in [4.69, 9.17) is 37.7 Å². The summed E-state index contributed by atoms with van der Waals surface area (Å²) in [6.07, 6.45) is 7.92. The van der Waals surface area contributed by atoms with Gasteiger partial charge in [-0.1, -0.05) is 48.1 Å². The number of halogens is 2. The van der Waals surface area contributed by atoms with Crippen LogP contribution in [0.4, 0.5) is 5.82 Å². The van der Waals surface area contributed by atoms with Crippen molar-refractivity contribution in [1.82, 2.24) is 29.8 Å². The van der Waals surface area contributed by atoms with Crippen LogP contribution in [0.3, 0.4) is 0 Å². The molecule has 2 N–H and O–H groups in total. The molecule has 1 spiro atoms. The predicted octanol–water partition coefficient (Wildman–Crippen LogP) is 7.94. The molecule has 56 heavy (non-hydrogen) atoms. The van der Waals surface area contributed by atoms with Gasteiger partial charge >= 0.3 is 0 Å². The average molecular weight is 817 g/mol. The second-order valence-corrected chi connectivity index (χ2v) is 17.0. The molecule has 11 nitrogen and oxygen atoms in total. The number of pyridine rings is 2. The summed E-state index contributed by atoms with van der Waals surface area (Å²) < 4.78 is 14.1. The van der Waals surface area contributed by atoms with Gasteiger partial charge in [0.1, 0.15) is 30.2 Å². The van der Waals surface area contributed by atoms with Crippen LogP contribution in [0.1, 0.15) is 59.7 Å². The van der Waals surface area contributed by atoms with Gasteiger partial charge in [-0.15, -0.1) is 0 Å². The molecule has 0 aliphatic carbocycles. The average Bonchev–Trinajstić information content (AvgIpc) is 3.57. The number of ether oxygens (including phenoxy) is 2. The van der Waals surface area contributed by atoms with Gasteiger partial charge in [0.05, 0.1) is 28.8 Å². The topological polar surface area (TPSA) is 126 Å². The first-order valence-electron chi connectivity index (χ1n) is 19.0. The van der Waals surface area contributed by atoms with E-state index in [1.165, 1.54) is 5.56 Å². The summed E-state index contributed by atoms with van der Waals surface area (Å²) in [5.74, 6) is 2.58. The maximum absolute atomic E-state index is 12.6. The summed E-state index contributed by atoms with van der Waals surface area (Å²) in [6, 6.07) is 16.0. The number of aryl methyl sites for hydroxylation is 1. The Hall–Kier alpha value is -4.20. The number of nitrogens with zero attached hydrogens (tertiary/aromatic N) is 5. The van der Waals surface area contributed by atoms with Crippen LogP contribution >= 0.6 is 35.1 Å². The van der Waals surface area contributed by atoms with Gasteiger partial charge in [-0.25, -0.2) is 9.29 Å². The van der Waals surface area contributed by atoms with E-state index in [1.54, 1.807) is 24.5 Å². The molecule has 7 rings (SSSR count). The third kappa shape index (κ3) is 9.32. The molecule has 3 aromatic heterocycles. The lowest BCUT2D eigenvalue weighted by Gasteiger charge is -2.60. The fraction of sp³-hybridized carbons (Fsp3) is 0.405. The first-order valence-corrected chi connectivity index (χ1v) is 20.7. The van der Waals surface area contributed by atoms with Gasteiger partial charge in [0.25, 0.3) is 5.91 Å². The van der Waals surface area contributed by atoms with Crippen molar-refractivity contribution in [3.8, 4) is 17.0 Å². The van der Waals surface area contributed by atoms with Gasteiger partial charge in [-0.3, -0.25) is 14.9 Å². The molecule has 2 fully saturated rings. The highest BCUT2D eigenvalue weighted by Gasteiger charge is 2.52. The maximum Gasteiger partial charge on any atom is 0.251 e. The third-order valence-corrected chi connectivity index (χ3v) is 12.1. The molecule has 1 amide bonds. The number of anilines is 1. The smallest absolute Gasteiger partial charge is 0.251 e. The number of hydrogen-bond acceptors (Lipinski definition) is 10. The van der Waals surface area contributed by atoms with Gasteiger partial charge in [-0.2, -0.15) is 5.10 Å². The van der Waals surface area contributed by atoms with Crippen LogP contribution in [-0.2, 0) is 16.0 Å². The number of carbonyl (C=O) groups excluding carboxylic acids is 2. The number of aromatic amines is 1. The van der Waals surface area contributed by atoms with Crippen molar-refractivity contribution in [1.29, 1.82) is 0 Å². The Bertz CT molecular complexity index is 2130. The molecule has 14 heteroatoms. The van der Waals surface area contributed by atoms with Crippen molar-refractivity contribution in [3.05, 3.63) is 99.4 Å². The summed E-state index contributed by atoms with van der Waals surface area (Å²) in [5, 5.41) is 13.0. The monoisotopic (exact) mass is 815 g/mol. The lowest BCUT2D eigenvalue weighted by molar-refractivity contribution is -0.108. The standard InChI is InChI=1S/C42H47Cl2N7O4S/c1-27-18-32(8-9-33(27)41(53)47-29(3)5-4-12-52)55-14-13-54-15-16-56-51-25-42(26-51)23-50(24-42)38-11-7-31(20-46-38)40-34-19-30(6-10-37(34)48-49-40)17-28(2)39-35(43)21-45-22-36(39)44/h6-12,18-22,28-29H,4-5,13-17,23-26H2,1-3H3,(H,47,53)(H,48,49)/t28-,29?/m0/s1. The minimum absolute atomic E-state index is 0.0639. The molecule has 5 heterocycles. The summed E-state index contributed by atoms with van der Waals surface area (Å²) in [6.45, 7) is 11.7. The highest BCUT2D eigenvalue weighted by molar-refractivity contribution is 7.97. The molecule has 0 bridgehead atoms. The van der Waals surface area contributed by atoms with Crippen LogP contribution in [0, 0.1) is 12.3 Å². The van der Waals surface area contributed by atoms with E-state index < -0.39 is 0 Å².